The number of carbonyl (C=O) groups excluding carboxylic acids is 2. The summed E-state index contributed by atoms with van der Waals surface area (Å²) in [4.78, 5) is 27.6. The summed E-state index contributed by atoms with van der Waals surface area (Å²) in [6, 6.07) is 12.9. The van der Waals surface area contributed by atoms with E-state index in [1.54, 1.807) is 24.0 Å². The topological polar surface area (TPSA) is 49.4 Å². The Hall–Kier alpha value is -2.33. The summed E-state index contributed by atoms with van der Waals surface area (Å²) in [6.07, 6.45) is 1.10. The van der Waals surface area contributed by atoms with Crippen molar-refractivity contribution in [1.29, 1.82) is 0 Å². The summed E-state index contributed by atoms with van der Waals surface area (Å²) >= 11 is 5.99. The molecule has 2 unspecified atom stereocenters. The fraction of sp³-hybridized carbons (Fsp3) is 0.417. The Morgan fingerprint density at radius 2 is 1.62 bits per heavy atom. The molecule has 2 aromatic carbocycles. The number of benzene rings is 2. The number of nitrogens with zero attached hydrogens (tertiary/aromatic N) is 1. The van der Waals surface area contributed by atoms with E-state index in [1.807, 2.05) is 51.1 Å². The van der Waals surface area contributed by atoms with Crippen LogP contribution in [-0.4, -0.2) is 28.8 Å². The maximum atomic E-state index is 13.2. The van der Waals surface area contributed by atoms with Gasteiger partial charge in [-0.3, -0.25) is 9.59 Å². The van der Waals surface area contributed by atoms with Crippen LogP contribution in [0, 0.1) is 13.8 Å². The van der Waals surface area contributed by atoms with Gasteiger partial charge in [0.1, 0.15) is 6.04 Å². The first-order chi connectivity index (χ1) is 13.7. The highest BCUT2D eigenvalue weighted by molar-refractivity contribution is 6.30. The third-order valence-corrected chi connectivity index (χ3v) is 5.61. The van der Waals surface area contributed by atoms with Gasteiger partial charge in [-0.05, 0) is 68.5 Å². The third-order valence-electron chi connectivity index (χ3n) is 5.36. The lowest BCUT2D eigenvalue weighted by molar-refractivity contribution is -0.140. The highest BCUT2D eigenvalue weighted by atomic mass is 35.5. The minimum absolute atomic E-state index is 0.0668. The van der Waals surface area contributed by atoms with Crippen LogP contribution in [0.4, 0.5) is 0 Å². The van der Waals surface area contributed by atoms with E-state index in [4.69, 9.17) is 11.6 Å². The van der Waals surface area contributed by atoms with Crippen LogP contribution in [0.15, 0.2) is 42.5 Å². The van der Waals surface area contributed by atoms with Crippen molar-refractivity contribution in [2.45, 2.75) is 66.1 Å². The second-order valence-electron chi connectivity index (χ2n) is 7.74. The van der Waals surface area contributed by atoms with Gasteiger partial charge < -0.3 is 10.2 Å². The van der Waals surface area contributed by atoms with E-state index in [1.165, 1.54) is 5.56 Å². The highest BCUT2D eigenvalue weighted by Crippen LogP contribution is 2.17. The first-order valence-corrected chi connectivity index (χ1v) is 10.5. The zero-order chi connectivity index (χ0) is 21.6. The molecule has 0 bridgehead atoms. The van der Waals surface area contributed by atoms with Crippen LogP contribution in [0.2, 0.25) is 5.02 Å². The van der Waals surface area contributed by atoms with Crippen molar-refractivity contribution in [2.24, 2.45) is 0 Å². The van der Waals surface area contributed by atoms with Crippen LogP contribution in [0.25, 0.3) is 0 Å². The Kier molecular flexibility index (Phi) is 8.27. The molecule has 1 N–H and O–H groups in total. The second-order valence-corrected chi connectivity index (χ2v) is 8.17. The molecule has 2 atom stereocenters. The lowest BCUT2D eigenvalue weighted by atomic mass is 10.0. The standard InChI is InChI=1S/C24H31ClN2O2/c1-6-18(4)26-24(29)19(5)27(15-20-9-11-22(25)12-10-20)23(28)14-21-8-7-16(2)17(3)13-21/h7-13,18-19H,6,14-15H2,1-5H3,(H,26,29). The number of halogens is 1. The zero-order valence-corrected chi connectivity index (χ0v) is 18.7. The van der Waals surface area contributed by atoms with Crippen molar-refractivity contribution in [3.05, 3.63) is 69.7 Å². The third kappa shape index (κ3) is 6.60. The molecule has 0 aliphatic rings. The molecule has 0 saturated carbocycles. The fourth-order valence-electron chi connectivity index (χ4n) is 3.02. The predicted molar refractivity (Wildman–Crippen MR) is 119 cm³/mol. The van der Waals surface area contributed by atoms with Crippen LogP contribution >= 0.6 is 11.6 Å². The Morgan fingerprint density at radius 3 is 2.21 bits per heavy atom. The van der Waals surface area contributed by atoms with E-state index in [0.29, 0.717) is 11.6 Å². The molecule has 2 rings (SSSR count). The van der Waals surface area contributed by atoms with Gasteiger partial charge in [0.15, 0.2) is 0 Å². The van der Waals surface area contributed by atoms with E-state index in [-0.39, 0.29) is 24.3 Å². The number of rotatable bonds is 8. The van der Waals surface area contributed by atoms with Gasteiger partial charge in [0, 0.05) is 17.6 Å². The Labute approximate surface area is 179 Å². The molecule has 156 valence electrons. The maximum absolute atomic E-state index is 13.2. The van der Waals surface area contributed by atoms with Crippen LogP contribution in [-0.2, 0) is 22.6 Å². The van der Waals surface area contributed by atoms with Gasteiger partial charge in [-0.15, -0.1) is 0 Å². The van der Waals surface area contributed by atoms with Crippen LogP contribution in [0.1, 0.15) is 49.4 Å². The van der Waals surface area contributed by atoms with Gasteiger partial charge in [0.05, 0.1) is 6.42 Å². The summed E-state index contributed by atoms with van der Waals surface area (Å²) in [5.41, 5.74) is 4.24. The molecule has 0 aromatic heterocycles. The Balaban J connectivity index is 2.23. The molecule has 29 heavy (non-hydrogen) atoms. The summed E-state index contributed by atoms with van der Waals surface area (Å²) in [7, 11) is 0. The van der Waals surface area contributed by atoms with E-state index < -0.39 is 6.04 Å². The zero-order valence-electron chi connectivity index (χ0n) is 18.0. The number of aryl methyl sites for hydroxylation is 2. The smallest absolute Gasteiger partial charge is 0.242 e. The second kappa shape index (κ2) is 10.4. The van der Waals surface area contributed by atoms with Crippen molar-refractivity contribution in [3.63, 3.8) is 0 Å². The van der Waals surface area contributed by atoms with Crippen molar-refractivity contribution < 1.29 is 9.59 Å². The van der Waals surface area contributed by atoms with Crippen molar-refractivity contribution >= 4 is 23.4 Å². The first kappa shape index (κ1) is 23.0. The van der Waals surface area contributed by atoms with Crippen LogP contribution in [0.3, 0.4) is 0 Å². The van der Waals surface area contributed by atoms with Gasteiger partial charge in [0.25, 0.3) is 0 Å². The molecule has 0 heterocycles. The molecule has 2 aromatic rings. The molecular formula is C24H31ClN2O2. The van der Waals surface area contributed by atoms with E-state index in [9.17, 15) is 9.59 Å². The van der Waals surface area contributed by atoms with Gasteiger partial charge >= 0.3 is 0 Å². The summed E-state index contributed by atoms with van der Waals surface area (Å²) in [6.45, 7) is 10.2. The van der Waals surface area contributed by atoms with Gasteiger partial charge in [-0.2, -0.15) is 0 Å². The molecule has 0 fully saturated rings. The highest BCUT2D eigenvalue weighted by Gasteiger charge is 2.26. The van der Waals surface area contributed by atoms with Crippen LogP contribution in [0.5, 0.6) is 0 Å². The molecule has 2 amide bonds. The minimum Gasteiger partial charge on any atom is -0.352 e. The number of amides is 2. The summed E-state index contributed by atoms with van der Waals surface area (Å²) in [5, 5.41) is 3.63. The van der Waals surface area contributed by atoms with Crippen molar-refractivity contribution in [1.82, 2.24) is 10.2 Å². The molecule has 0 aliphatic carbocycles. The SMILES string of the molecule is CCC(C)NC(=O)C(C)N(Cc1ccc(Cl)cc1)C(=O)Cc1ccc(C)c(C)c1. The summed E-state index contributed by atoms with van der Waals surface area (Å²) in [5.74, 6) is -0.211. The normalized spacial score (nSPS) is 12.9. The van der Waals surface area contributed by atoms with Crippen molar-refractivity contribution in [2.75, 3.05) is 0 Å². The van der Waals surface area contributed by atoms with Crippen molar-refractivity contribution in [3.8, 4) is 0 Å². The van der Waals surface area contributed by atoms with Gasteiger partial charge in [0.2, 0.25) is 11.8 Å². The number of hydrogen-bond donors (Lipinski definition) is 1. The Morgan fingerprint density at radius 1 is 1.00 bits per heavy atom. The average molecular weight is 415 g/mol. The van der Waals surface area contributed by atoms with Gasteiger partial charge in [-0.1, -0.05) is 48.9 Å². The first-order valence-electron chi connectivity index (χ1n) is 10.1. The number of carbonyl (C=O) groups is 2. The largest absolute Gasteiger partial charge is 0.352 e. The van der Waals surface area contributed by atoms with E-state index >= 15 is 0 Å². The lowest BCUT2D eigenvalue weighted by Crippen LogP contribution is -2.49. The van der Waals surface area contributed by atoms with E-state index in [0.717, 1.165) is 23.1 Å². The molecule has 0 spiro atoms. The Bertz CT molecular complexity index is 848. The number of hydrogen-bond acceptors (Lipinski definition) is 2. The van der Waals surface area contributed by atoms with Crippen LogP contribution < -0.4 is 5.32 Å². The fourth-order valence-corrected chi connectivity index (χ4v) is 3.15. The molecular weight excluding hydrogens is 384 g/mol. The van der Waals surface area contributed by atoms with E-state index in [2.05, 4.69) is 12.2 Å². The van der Waals surface area contributed by atoms with Gasteiger partial charge in [-0.25, -0.2) is 0 Å². The maximum Gasteiger partial charge on any atom is 0.242 e. The molecule has 0 aliphatic heterocycles. The lowest BCUT2D eigenvalue weighted by Gasteiger charge is -2.30. The monoisotopic (exact) mass is 414 g/mol. The molecule has 4 nitrogen and oxygen atoms in total. The quantitative estimate of drug-likeness (QED) is 0.672. The number of nitrogens with one attached hydrogen (secondary N) is 1. The molecule has 0 radical (unpaired) electrons. The average Bonchev–Trinajstić information content (AvgIpc) is 2.69. The molecule has 5 heteroatoms. The summed E-state index contributed by atoms with van der Waals surface area (Å²) < 4.78 is 0. The predicted octanol–water partition coefficient (Wildman–Crippen LogP) is 4.83. The molecule has 0 saturated heterocycles. The minimum atomic E-state index is -0.571.